The van der Waals surface area contributed by atoms with E-state index >= 15 is 0 Å². The number of ether oxygens (including phenoxy) is 3. The summed E-state index contributed by atoms with van der Waals surface area (Å²) in [5, 5.41) is 3.19. The summed E-state index contributed by atoms with van der Waals surface area (Å²) in [6.45, 7) is 7.60. The van der Waals surface area contributed by atoms with Crippen molar-refractivity contribution in [2.75, 3.05) is 20.3 Å². The number of hydrogen-bond donors (Lipinski definition) is 1. The van der Waals surface area contributed by atoms with Crippen LogP contribution in [0.1, 0.15) is 45.6 Å². The first-order chi connectivity index (χ1) is 15.6. The molecule has 0 spiro atoms. The number of rotatable bonds is 7. The van der Waals surface area contributed by atoms with Crippen LogP contribution in [0, 0.1) is 17.7 Å². The van der Waals surface area contributed by atoms with E-state index in [1.54, 1.807) is 6.92 Å². The summed E-state index contributed by atoms with van der Waals surface area (Å²) in [6.07, 6.45) is 0.429. The Kier molecular flexibility index (Phi) is 7.68. The number of dihydropyridines is 1. The Labute approximate surface area is 193 Å². The van der Waals surface area contributed by atoms with Gasteiger partial charge in [0.15, 0.2) is 5.78 Å². The number of hydrogen-bond acceptors (Lipinski definition) is 7. The summed E-state index contributed by atoms with van der Waals surface area (Å²) in [4.78, 5) is 39.1. The molecule has 2 aliphatic rings. The molecule has 8 heteroatoms. The SMILES string of the molecule is COC(=O)[C@@H]1C(=O)C2=C(C[C@H]1C)NC(C)=C(C(=O)OCCOC(C)C)[C@H]2c1ccc(F)cc1. The van der Waals surface area contributed by atoms with Crippen LogP contribution < -0.4 is 5.32 Å². The number of benzene rings is 1. The van der Waals surface area contributed by atoms with Gasteiger partial charge < -0.3 is 19.5 Å². The lowest BCUT2D eigenvalue weighted by molar-refractivity contribution is -0.151. The van der Waals surface area contributed by atoms with E-state index in [1.165, 1.54) is 31.4 Å². The molecule has 178 valence electrons. The molecule has 0 saturated heterocycles. The van der Waals surface area contributed by atoms with Crippen molar-refractivity contribution >= 4 is 17.7 Å². The molecule has 0 radical (unpaired) electrons. The first-order valence-electron chi connectivity index (χ1n) is 11.0. The molecule has 7 nitrogen and oxygen atoms in total. The monoisotopic (exact) mass is 459 g/mol. The third-order valence-corrected chi connectivity index (χ3v) is 5.93. The van der Waals surface area contributed by atoms with Gasteiger partial charge in [-0.2, -0.15) is 0 Å². The molecule has 0 bridgehead atoms. The normalized spacial score (nSPS) is 22.8. The lowest BCUT2D eigenvalue weighted by Gasteiger charge is -2.38. The highest BCUT2D eigenvalue weighted by Gasteiger charge is 2.47. The average molecular weight is 460 g/mol. The molecule has 1 heterocycles. The molecule has 0 unspecified atom stereocenters. The number of methoxy groups -OCH3 is 1. The van der Waals surface area contributed by atoms with Crippen molar-refractivity contribution in [3.05, 3.63) is 58.2 Å². The van der Waals surface area contributed by atoms with Crippen molar-refractivity contribution in [2.45, 2.75) is 46.1 Å². The second kappa shape index (κ2) is 10.3. The molecule has 1 aromatic rings. The quantitative estimate of drug-likeness (QED) is 0.380. The number of carbonyl (C=O) groups is 3. The Balaban J connectivity index is 2.02. The number of ketones is 1. The van der Waals surface area contributed by atoms with Crippen LogP contribution in [-0.2, 0) is 28.6 Å². The molecule has 33 heavy (non-hydrogen) atoms. The standard InChI is InChI=1S/C25H30FNO6/c1-13(2)32-10-11-33-25(30)20-15(4)27-18-12-14(3)19(24(29)31-5)23(28)22(18)21(20)16-6-8-17(26)9-7-16/h6-9,13-14,19,21,27H,10-12H2,1-5H3/t14-,19+,21-/m1/s1. The van der Waals surface area contributed by atoms with Gasteiger partial charge in [0.05, 0.1) is 25.4 Å². The molecular formula is C25H30FNO6. The maximum Gasteiger partial charge on any atom is 0.336 e. The first-order valence-corrected chi connectivity index (χ1v) is 11.0. The molecule has 0 amide bonds. The predicted molar refractivity (Wildman–Crippen MR) is 118 cm³/mol. The van der Waals surface area contributed by atoms with Gasteiger partial charge in [-0.25, -0.2) is 9.18 Å². The van der Waals surface area contributed by atoms with Crippen LogP contribution in [0.3, 0.4) is 0 Å². The van der Waals surface area contributed by atoms with Gasteiger partial charge >= 0.3 is 11.9 Å². The van der Waals surface area contributed by atoms with Crippen LogP contribution in [0.5, 0.6) is 0 Å². The van der Waals surface area contributed by atoms with E-state index < -0.39 is 35.4 Å². The zero-order valence-corrected chi connectivity index (χ0v) is 19.6. The van der Waals surface area contributed by atoms with Crippen molar-refractivity contribution < 1.29 is 33.0 Å². The Hall–Kier alpha value is -3.00. The minimum absolute atomic E-state index is 0.00205. The maximum absolute atomic E-state index is 13.7. The van der Waals surface area contributed by atoms with Crippen molar-refractivity contribution in [2.24, 2.45) is 11.8 Å². The highest BCUT2D eigenvalue weighted by molar-refractivity contribution is 6.12. The van der Waals surface area contributed by atoms with Gasteiger partial charge in [0.2, 0.25) is 0 Å². The average Bonchev–Trinajstić information content (AvgIpc) is 2.75. The van der Waals surface area contributed by atoms with E-state index in [4.69, 9.17) is 14.2 Å². The van der Waals surface area contributed by atoms with Crippen LogP contribution in [0.2, 0.25) is 0 Å². The van der Waals surface area contributed by atoms with Gasteiger partial charge in [-0.15, -0.1) is 0 Å². The number of carbonyl (C=O) groups excluding carboxylic acids is 3. The largest absolute Gasteiger partial charge is 0.468 e. The van der Waals surface area contributed by atoms with E-state index in [0.717, 1.165) is 0 Å². The summed E-state index contributed by atoms with van der Waals surface area (Å²) in [5.74, 6) is -4.11. The van der Waals surface area contributed by atoms with Gasteiger partial charge in [-0.1, -0.05) is 19.1 Å². The fraction of sp³-hybridized carbons (Fsp3) is 0.480. The van der Waals surface area contributed by atoms with Gasteiger partial charge in [0, 0.05) is 22.9 Å². The maximum atomic E-state index is 13.7. The van der Waals surface area contributed by atoms with Crippen LogP contribution in [0.4, 0.5) is 4.39 Å². The zero-order chi connectivity index (χ0) is 24.3. The van der Waals surface area contributed by atoms with E-state index in [-0.39, 0.29) is 30.8 Å². The zero-order valence-electron chi connectivity index (χ0n) is 19.6. The predicted octanol–water partition coefficient (Wildman–Crippen LogP) is 3.41. The van der Waals surface area contributed by atoms with Crippen molar-refractivity contribution in [3.63, 3.8) is 0 Å². The third-order valence-electron chi connectivity index (χ3n) is 5.93. The van der Waals surface area contributed by atoms with Crippen LogP contribution in [0.25, 0.3) is 0 Å². The molecule has 1 aliphatic carbocycles. The number of esters is 2. The Morgan fingerprint density at radius 3 is 2.45 bits per heavy atom. The summed E-state index contributed by atoms with van der Waals surface area (Å²) in [5.41, 5.74) is 2.32. The van der Waals surface area contributed by atoms with Gasteiger partial charge in [0.1, 0.15) is 18.3 Å². The summed E-state index contributed by atoms with van der Waals surface area (Å²) >= 11 is 0. The van der Waals surface area contributed by atoms with Crippen LogP contribution in [-0.4, -0.2) is 44.1 Å². The van der Waals surface area contributed by atoms with E-state index in [1.807, 2.05) is 20.8 Å². The number of Topliss-reactive ketones (excluding diaryl/α,β-unsaturated/α-hetero) is 1. The fourth-order valence-electron chi connectivity index (χ4n) is 4.44. The first kappa shape index (κ1) is 24.6. The number of nitrogens with one attached hydrogen (secondary N) is 1. The highest BCUT2D eigenvalue weighted by Crippen LogP contribution is 2.45. The topological polar surface area (TPSA) is 90.9 Å². The molecular weight excluding hydrogens is 429 g/mol. The minimum Gasteiger partial charge on any atom is -0.468 e. The molecule has 0 saturated carbocycles. The van der Waals surface area contributed by atoms with Crippen molar-refractivity contribution in [1.82, 2.24) is 5.32 Å². The minimum atomic E-state index is -0.978. The fourth-order valence-corrected chi connectivity index (χ4v) is 4.44. The van der Waals surface area contributed by atoms with Gasteiger partial charge in [0.25, 0.3) is 0 Å². The smallest absolute Gasteiger partial charge is 0.336 e. The lowest BCUT2D eigenvalue weighted by Crippen LogP contribution is -2.43. The van der Waals surface area contributed by atoms with E-state index in [9.17, 15) is 18.8 Å². The molecule has 3 rings (SSSR count). The Morgan fingerprint density at radius 2 is 1.85 bits per heavy atom. The van der Waals surface area contributed by atoms with Crippen molar-refractivity contribution in [3.8, 4) is 0 Å². The summed E-state index contributed by atoms with van der Waals surface area (Å²) < 4.78 is 29.4. The molecule has 1 aliphatic heterocycles. The summed E-state index contributed by atoms with van der Waals surface area (Å²) in [6, 6.07) is 5.63. The Morgan fingerprint density at radius 1 is 1.18 bits per heavy atom. The van der Waals surface area contributed by atoms with Gasteiger partial charge in [-0.3, -0.25) is 9.59 Å². The highest BCUT2D eigenvalue weighted by atomic mass is 19.1. The molecule has 3 atom stereocenters. The van der Waals surface area contributed by atoms with E-state index in [0.29, 0.717) is 29.0 Å². The molecule has 1 N–H and O–H groups in total. The number of halogens is 1. The van der Waals surface area contributed by atoms with Crippen LogP contribution in [0.15, 0.2) is 46.8 Å². The van der Waals surface area contributed by atoms with Gasteiger partial charge in [-0.05, 0) is 50.8 Å². The van der Waals surface area contributed by atoms with E-state index in [2.05, 4.69) is 5.32 Å². The molecule has 0 aromatic heterocycles. The van der Waals surface area contributed by atoms with Crippen molar-refractivity contribution in [1.29, 1.82) is 0 Å². The molecule has 0 fully saturated rings. The summed E-state index contributed by atoms with van der Waals surface area (Å²) in [7, 11) is 1.24. The Bertz CT molecular complexity index is 995. The number of allylic oxidation sites excluding steroid dienone is 3. The molecule has 1 aromatic carbocycles. The lowest BCUT2D eigenvalue weighted by atomic mass is 9.69. The second-order valence-electron chi connectivity index (χ2n) is 8.64. The second-order valence-corrected chi connectivity index (χ2v) is 8.64. The third kappa shape index (κ3) is 5.16. The van der Waals surface area contributed by atoms with Crippen LogP contribution >= 0.6 is 0 Å².